The van der Waals surface area contributed by atoms with E-state index in [0.29, 0.717) is 24.2 Å². The number of benzene rings is 1. The standard InChI is InChI=1S/C19H23N5O/c1-13-4-2-3-5-14(13)9-22-19(25)16-10-21-12-18(23-16)24-7-6-15-8-20-11-17(15)24/h2-5,10,12,15,17,20H,6-9,11H2,1H3,(H,22,25)/t15-,17+/m1/s1. The average molecular weight is 337 g/mol. The van der Waals surface area contributed by atoms with E-state index < -0.39 is 0 Å². The Hall–Kier alpha value is -2.47. The Bertz CT molecular complexity index is 778. The van der Waals surface area contributed by atoms with Gasteiger partial charge >= 0.3 is 0 Å². The second-order valence-electron chi connectivity index (χ2n) is 6.84. The van der Waals surface area contributed by atoms with Crippen molar-refractivity contribution in [2.24, 2.45) is 5.92 Å². The van der Waals surface area contributed by atoms with Crippen LogP contribution in [0.25, 0.3) is 0 Å². The molecule has 2 aliphatic heterocycles. The lowest BCUT2D eigenvalue weighted by atomic mass is 10.1. The normalized spacial score (nSPS) is 22.0. The smallest absolute Gasteiger partial charge is 0.271 e. The number of carbonyl (C=O) groups excluding carboxylic acids is 1. The number of nitrogens with one attached hydrogen (secondary N) is 2. The highest BCUT2D eigenvalue weighted by Gasteiger charge is 2.38. The van der Waals surface area contributed by atoms with Crippen LogP contribution < -0.4 is 15.5 Å². The van der Waals surface area contributed by atoms with Gasteiger partial charge in [0.15, 0.2) is 0 Å². The molecule has 25 heavy (non-hydrogen) atoms. The molecule has 2 fully saturated rings. The fraction of sp³-hybridized carbons (Fsp3) is 0.421. The van der Waals surface area contributed by atoms with E-state index in [1.165, 1.54) is 18.2 Å². The summed E-state index contributed by atoms with van der Waals surface area (Å²) in [4.78, 5) is 23.6. The van der Waals surface area contributed by atoms with E-state index >= 15 is 0 Å². The summed E-state index contributed by atoms with van der Waals surface area (Å²) in [5, 5.41) is 6.38. The molecule has 0 unspecified atom stereocenters. The minimum Gasteiger partial charge on any atom is -0.351 e. The van der Waals surface area contributed by atoms with Crippen LogP contribution in [0.2, 0.25) is 0 Å². The van der Waals surface area contributed by atoms with Crippen LogP contribution in [0.4, 0.5) is 5.82 Å². The molecule has 1 aromatic carbocycles. The molecular weight excluding hydrogens is 314 g/mol. The maximum Gasteiger partial charge on any atom is 0.271 e. The number of rotatable bonds is 4. The number of carbonyl (C=O) groups is 1. The van der Waals surface area contributed by atoms with Crippen molar-refractivity contribution in [2.75, 3.05) is 24.5 Å². The molecule has 4 rings (SSSR count). The van der Waals surface area contributed by atoms with E-state index in [1.807, 2.05) is 31.2 Å². The third-order valence-corrected chi connectivity index (χ3v) is 5.29. The van der Waals surface area contributed by atoms with Gasteiger partial charge in [0.1, 0.15) is 11.5 Å². The van der Waals surface area contributed by atoms with Crippen molar-refractivity contribution in [1.29, 1.82) is 0 Å². The highest BCUT2D eigenvalue weighted by atomic mass is 16.1. The Kier molecular flexibility index (Phi) is 4.36. The van der Waals surface area contributed by atoms with Crippen LogP contribution in [-0.4, -0.2) is 41.6 Å². The van der Waals surface area contributed by atoms with Crippen molar-refractivity contribution in [3.63, 3.8) is 0 Å². The molecule has 1 aromatic heterocycles. The molecule has 2 N–H and O–H groups in total. The Morgan fingerprint density at radius 2 is 2.20 bits per heavy atom. The zero-order chi connectivity index (χ0) is 17.2. The molecule has 0 spiro atoms. The third kappa shape index (κ3) is 3.22. The van der Waals surface area contributed by atoms with Crippen LogP contribution in [-0.2, 0) is 6.54 Å². The van der Waals surface area contributed by atoms with Gasteiger partial charge in [0.25, 0.3) is 5.91 Å². The molecule has 1 amide bonds. The van der Waals surface area contributed by atoms with Crippen molar-refractivity contribution in [3.05, 3.63) is 53.5 Å². The summed E-state index contributed by atoms with van der Waals surface area (Å²) in [5.41, 5.74) is 2.65. The minimum absolute atomic E-state index is 0.183. The van der Waals surface area contributed by atoms with E-state index in [0.717, 1.165) is 31.0 Å². The average Bonchev–Trinajstić information content (AvgIpc) is 3.24. The summed E-state index contributed by atoms with van der Waals surface area (Å²) in [7, 11) is 0. The quantitative estimate of drug-likeness (QED) is 0.885. The molecule has 2 saturated heterocycles. The fourth-order valence-corrected chi connectivity index (χ4v) is 3.81. The van der Waals surface area contributed by atoms with Gasteiger partial charge < -0.3 is 15.5 Å². The molecule has 2 aliphatic rings. The Morgan fingerprint density at radius 1 is 1.32 bits per heavy atom. The zero-order valence-electron chi connectivity index (χ0n) is 14.4. The van der Waals surface area contributed by atoms with Crippen LogP contribution in [0, 0.1) is 12.8 Å². The van der Waals surface area contributed by atoms with Crippen molar-refractivity contribution >= 4 is 11.7 Å². The van der Waals surface area contributed by atoms with Crippen molar-refractivity contribution in [1.82, 2.24) is 20.6 Å². The van der Waals surface area contributed by atoms with Crippen LogP contribution in [0.1, 0.15) is 28.0 Å². The number of anilines is 1. The van der Waals surface area contributed by atoms with Gasteiger partial charge in [-0.3, -0.25) is 9.78 Å². The van der Waals surface area contributed by atoms with Gasteiger partial charge in [-0.1, -0.05) is 24.3 Å². The van der Waals surface area contributed by atoms with E-state index in [1.54, 1.807) is 6.20 Å². The predicted molar refractivity (Wildman–Crippen MR) is 96.5 cm³/mol. The molecule has 130 valence electrons. The number of fused-ring (bicyclic) bond motifs is 1. The highest BCUT2D eigenvalue weighted by molar-refractivity contribution is 5.92. The molecule has 0 bridgehead atoms. The van der Waals surface area contributed by atoms with Gasteiger partial charge in [-0.2, -0.15) is 0 Å². The lowest BCUT2D eigenvalue weighted by Gasteiger charge is -2.24. The maximum absolute atomic E-state index is 12.5. The van der Waals surface area contributed by atoms with Crippen LogP contribution in [0.5, 0.6) is 0 Å². The van der Waals surface area contributed by atoms with Crippen molar-refractivity contribution in [2.45, 2.75) is 25.9 Å². The van der Waals surface area contributed by atoms with Gasteiger partial charge in [-0.15, -0.1) is 0 Å². The molecule has 2 atom stereocenters. The lowest BCUT2D eigenvalue weighted by molar-refractivity contribution is 0.0945. The van der Waals surface area contributed by atoms with Crippen LogP contribution in [0.3, 0.4) is 0 Å². The van der Waals surface area contributed by atoms with Gasteiger partial charge in [0.2, 0.25) is 0 Å². The van der Waals surface area contributed by atoms with E-state index in [2.05, 4.69) is 25.5 Å². The number of amides is 1. The lowest BCUT2D eigenvalue weighted by Crippen LogP contribution is -2.35. The first-order chi connectivity index (χ1) is 12.2. The summed E-state index contributed by atoms with van der Waals surface area (Å²) in [5.74, 6) is 1.30. The summed E-state index contributed by atoms with van der Waals surface area (Å²) in [6, 6.07) is 8.52. The van der Waals surface area contributed by atoms with Gasteiger partial charge in [0, 0.05) is 32.2 Å². The van der Waals surface area contributed by atoms with Crippen molar-refractivity contribution < 1.29 is 4.79 Å². The number of hydrogen-bond donors (Lipinski definition) is 2. The highest BCUT2D eigenvalue weighted by Crippen LogP contribution is 2.30. The molecule has 2 aromatic rings. The number of nitrogens with zero attached hydrogens (tertiary/aromatic N) is 3. The third-order valence-electron chi connectivity index (χ3n) is 5.29. The van der Waals surface area contributed by atoms with E-state index in [-0.39, 0.29) is 5.91 Å². The molecule has 3 heterocycles. The maximum atomic E-state index is 12.5. The SMILES string of the molecule is Cc1ccccc1CNC(=O)c1cncc(N2CC[C@@H]3CNC[C@@H]32)n1. The largest absolute Gasteiger partial charge is 0.351 e. The predicted octanol–water partition coefficient (Wildman–Crippen LogP) is 1.51. The van der Waals surface area contributed by atoms with Crippen molar-refractivity contribution in [3.8, 4) is 0 Å². The second kappa shape index (κ2) is 6.80. The first-order valence-corrected chi connectivity index (χ1v) is 8.84. The molecular formula is C19H23N5O. The number of hydrogen-bond acceptors (Lipinski definition) is 5. The van der Waals surface area contributed by atoms with Gasteiger partial charge in [-0.05, 0) is 30.4 Å². The first kappa shape index (κ1) is 16.0. The van der Waals surface area contributed by atoms with Gasteiger partial charge in [0.05, 0.1) is 12.4 Å². The Balaban J connectivity index is 1.46. The summed E-state index contributed by atoms with van der Waals surface area (Å²) >= 11 is 0. The Labute approximate surface area is 147 Å². The first-order valence-electron chi connectivity index (χ1n) is 8.84. The number of aryl methyl sites for hydroxylation is 1. The molecule has 0 aliphatic carbocycles. The fourth-order valence-electron chi connectivity index (χ4n) is 3.81. The van der Waals surface area contributed by atoms with E-state index in [9.17, 15) is 4.79 Å². The van der Waals surface area contributed by atoms with E-state index in [4.69, 9.17) is 0 Å². The van der Waals surface area contributed by atoms with Crippen LogP contribution in [0.15, 0.2) is 36.7 Å². The zero-order valence-corrected chi connectivity index (χ0v) is 14.4. The molecule has 0 radical (unpaired) electrons. The minimum atomic E-state index is -0.183. The molecule has 6 heteroatoms. The number of aromatic nitrogens is 2. The summed E-state index contributed by atoms with van der Waals surface area (Å²) in [6.07, 6.45) is 4.47. The summed E-state index contributed by atoms with van der Waals surface area (Å²) < 4.78 is 0. The second-order valence-corrected chi connectivity index (χ2v) is 6.84. The topological polar surface area (TPSA) is 70.2 Å². The summed E-state index contributed by atoms with van der Waals surface area (Å²) in [6.45, 7) is 5.58. The molecule has 0 saturated carbocycles. The van der Waals surface area contributed by atoms with Gasteiger partial charge in [-0.25, -0.2) is 4.98 Å². The monoisotopic (exact) mass is 337 g/mol. The van der Waals surface area contributed by atoms with Crippen LogP contribution >= 0.6 is 0 Å². The molecule has 6 nitrogen and oxygen atoms in total. The Morgan fingerprint density at radius 3 is 3.08 bits per heavy atom.